The first-order chi connectivity index (χ1) is 7.40. The molecule has 0 aromatic heterocycles. The van der Waals surface area contributed by atoms with Crippen LogP contribution in [0.1, 0.15) is 44.9 Å². The molecule has 1 heterocycles. The lowest BCUT2D eigenvalue weighted by atomic mass is 9.82. The van der Waals surface area contributed by atoms with Gasteiger partial charge in [-0.15, -0.1) is 0 Å². The average Bonchev–Trinajstić information content (AvgIpc) is 2.31. The summed E-state index contributed by atoms with van der Waals surface area (Å²) in [4.78, 5) is 2.91. The molecule has 4 nitrogen and oxygen atoms in total. The minimum atomic E-state index is 0.177. The SMILES string of the molecule is [N-]=[N+]=N[C@H]1CCO[C@@H](C2CCCCC2)C1. The molecule has 15 heavy (non-hydrogen) atoms. The van der Waals surface area contributed by atoms with Crippen molar-refractivity contribution < 1.29 is 4.74 Å². The van der Waals surface area contributed by atoms with E-state index in [1.807, 2.05) is 0 Å². The summed E-state index contributed by atoms with van der Waals surface area (Å²) >= 11 is 0. The Labute approximate surface area is 90.6 Å². The lowest BCUT2D eigenvalue weighted by Gasteiger charge is -2.35. The van der Waals surface area contributed by atoms with Gasteiger partial charge in [-0.05, 0) is 37.1 Å². The standard InChI is InChI=1S/C11H19N3O/c12-14-13-10-6-7-15-11(8-10)9-4-2-1-3-5-9/h9-11H,1-8H2/t10-,11+/m0/s1. The molecular weight excluding hydrogens is 190 g/mol. The average molecular weight is 209 g/mol. The molecule has 2 fully saturated rings. The maximum Gasteiger partial charge on any atom is 0.0607 e. The van der Waals surface area contributed by atoms with Gasteiger partial charge in [-0.2, -0.15) is 0 Å². The highest BCUT2D eigenvalue weighted by molar-refractivity contribution is 4.83. The third kappa shape index (κ3) is 2.86. The van der Waals surface area contributed by atoms with E-state index in [4.69, 9.17) is 10.3 Å². The van der Waals surface area contributed by atoms with Crippen molar-refractivity contribution in [3.8, 4) is 0 Å². The Bertz CT molecular complexity index is 244. The molecule has 0 N–H and O–H groups in total. The molecule has 0 amide bonds. The molecule has 2 rings (SSSR count). The Morgan fingerprint density at radius 2 is 1.93 bits per heavy atom. The molecule has 1 saturated heterocycles. The number of rotatable bonds is 2. The summed E-state index contributed by atoms with van der Waals surface area (Å²) in [5.74, 6) is 0.718. The summed E-state index contributed by atoms with van der Waals surface area (Å²) in [6.45, 7) is 0.769. The summed E-state index contributed by atoms with van der Waals surface area (Å²) in [7, 11) is 0. The van der Waals surface area contributed by atoms with Gasteiger partial charge in [-0.1, -0.05) is 24.4 Å². The van der Waals surface area contributed by atoms with Crippen LogP contribution in [0.3, 0.4) is 0 Å². The van der Waals surface area contributed by atoms with Crippen molar-refractivity contribution in [2.24, 2.45) is 11.0 Å². The molecule has 1 aliphatic carbocycles. The number of nitrogens with zero attached hydrogens (tertiary/aromatic N) is 3. The molecule has 0 unspecified atom stereocenters. The predicted octanol–water partition coefficient (Wildman–Crippen LogP) is 3.42. The van der Waals surface area contributed by atoms with Crippen LogP contribution in [0.4, 0.5) is 0 Å². The van der Waals surface area contributed by atoms with Crippen molar-refractivity contribution in [3.63, 3.8) is 0 Å². The molecule has 2 aliphatic rings. The van der Waals surface area contributed by atoms with E-state index in [1.54, 1.807) is 0 Å². The van der Waals surface area contributed by atoms with Gasteiger partial charge in [0.25, 0.3) is 0 Å². The largest absolute Gasteiger partial charge is 0.378 e. The van der Waals surface area contributed by atoms with Gasteiger partial charge in [0.15, 0.2) is 0 Å². The van der Waals surface area contributed by atoms with Gasteiger partial charge in [0.05, 0.1) is 6.10 Å². The number of hydrogen-bond acceptors (Lipinski definition) is 2. The van der Waals surface area contributed by atoms with Crippen LogP contribution >= 0.6 is 0 Å². The zero-order valence-electron chi connectivity index (χ0n) is 9.14. The highest BCUT2D eigenvalue weighted by Crippen LogP contribution is 2.32. The third-order valence-electron chi connectivity index (χ3n) is 3.68. The van der Waals surface area contributed by atoms with E-state index in [9.17, 15) is 0 Å². The van der Waals surface area contributed by atoms with Crippen LogP contribution in [-0.2, 0) is 4.74 Å². The molecule has 0 spiro atoms. The minimum absolute atomic E-state index is 0.177. The number of hydrogen-bond donors (Lipinski definition) is 0. The van der Waals surface area contributed by atoms with Crippen molar-refractivity contribution in [2.75, 3.05) is 6.61 Å². The van der Waals surface area contributed by atoms with Crippen molar-refractivity contribution in [1.29, 1.82) is 0 Å². The number of azide groups is 1. The smallest absolute Gasteiger partial charge is 0.0607 e. The zero-order valence-corrected chi connectivity index (χ0v) is 9.14. The highest BCUT2D eigenvalue weighted by atomic mass is 16.5. The number of ether oxygens (including phenoxy) is 1. The first kappa shape index (κ1) is 10.8. The predicted molar refractivity (Wildman–Crippen MR) is 58.5 cm³/mol. The quantitative estimate of drug-likeness (QED) is 0.390. The summed E-state index contributed by atoms with van der Waals surface area (Å²) in [5.41, 5.74) is 8.43. The van der Waals surface area contributed by atoms with E-state index in [2.05, 4.69) is 10.0 Å². The van der Waals surface area contributed by atoms with Crippen LogP contribution in [0.25, 0.3) is 10.4 Å². The van der Waals surface area contributed by atoms with Gasteiger partial charge in [-0.25, -0.2) is 0 Å². The van der Waals surface area contributed by atoms with Gasteiger partial charge < -0.3 is 4.74 Å². The molecular formula is C11H19N3O. The Hall–Kier alpha value is -0.730. The molecule has 84 valence electrons. The Balaban J connectivity index is 1.88. The summed E-state index contributed by atoms with van der Waals surface area (Å²) in [6, 6.07) is 0.177. The molecule has 0 aromatic rings. The van der Waals surface area contributed by atoms with Gasteiger partial charge in [0.1, 0.15) is 0 Å². The Kier molecular flexibility index (Phi) is 3.87. The summed E-state index contributed by atoms with van der Waals surface area (Å²) < 4.78 is 5.81. The van der Waals surface area contributed by atoms with Gasteiger partial charge in [-0.3, -0.25) is 0 Å². The van der Waals surface area contributed by atoms with E-state index in [0.717, 1.165) is 25.4 Å². The molecule has 0 bridgehead atoms. The minimum Gasteiger partial charge on any atom is -0.378 e. The van der Waals surface area contributed by atoms with Crippen molar-refractivity contribution in [2.45, 2.75) is 57.1 Å². The molecule has 2 atom stereocenters. The van der Waals surface area contributed by atoms with Gasteiger partial charge in [0.2, 0.25) is 0 Å². The molecule has 0 aromatic carbocycles. The Morgan fingerprint density at radius 3 is 2.67 bits per heavy atom. The van der Waals surface area contributed by atoms with Crippen molar-refractivity contribution in [3.05, 3.63) is 10.4 Å². The van der Waals surface area contributed by atoms with E-state index in [1.165, 1.54) is 32.1 Å². The fourth-order valence-electron chi connectivity index (χ4n) is 2.82. The first-order valence-corrected chi connectivity index (χ1v) is 6.06. The van der Waals surface area contributed by atoms with Gasteiger partial charge in [0, 0.05) is 17.6 Å². The van der Waals surface area contributed by atoms with Crippen LogP contribution in [0.2, 0.25) is 0 Å². The second-order valence-corrected chi connectivity index (χ2v) is 4.69. The van der Waals surface area contributed by atoms with Crippen molar-refractivity contribution >= 4 is 0 Å². The topological polar surface area (TPSA) is 58.0 Å². The van der Waals surface area contributed by atoms with E-state index in [-0.39, 0.29) is 6.04 Å². The fourth-order valence-corrected chi connectivity index (χ4v) is 2.82. The molecule has 1 saturated carbocycles. The molecule has 4 heteroatoms. The Morgan fingerprint density at radius 1 is 1.13 bits per heavy atom. The van der Waals surface area contributed by atoms with Crippen LogP contribution in [0.5, 0.6) is 0 Å². The third-order valence-corrected chi connectivity index (χ3v) is 3.68. The lowest BCUT2D eigenvalue weighted by Crippen LogP contribution is -2.34. The van der Waals surface area contributed by atoms with Crippen molar-refractivity contribution in [1.82, 2.24) is 0 Å². The van der Waals surface area contributed by atoms with Crippen LogP contribution in [0.15, 0.2) is 5.11 Å². The lowest BCUT2D eigenvalue weighted by molar-refractivity contribution is -0.0367. The fraction of sp³-hybridized carbons (Fsp3) is 1.00. The monoisotopic (exact) mass is 209 g/mol. The maximum atomic E-state index is 8.43. The van der Waals surface area contributed by atoms with E-state index < -0.39 is 0 Å². The highest BCUT2D eigenvalue weighted by Gasteiger charge is 2.29. The molecule has 1 aliphatic heterocycles. The maximum absolute atomic E-state index is 8.43. The van der Waals surface area contributed by atoms with Crippen LogP contribution in [0, 0.1) is 5.92 Å². The normalized spacial score (nSPS) is 33.3. The van der Waals surface area contributed by atoms with E-state index >= 15 is 0 Å². The van der Waals surface area contributed by atoms with Crippen LogP contribution < -0.4 is 0 Å². The van der Waals surface area contributed by atoms with Gasteiger partial charge >= 0.3 is 0 Å². The summed E-state index contributed by atoms with van der Waals surface area (Å²) in [5, 5.41) is 3.83. The first-order valence-electron chi connectivity index (χ1n) is 6.06. The van der Waals surface area contributed by atoms with Crippen LogP contribution in [-0.4, -0.2) is 18.8 Å². The zero-order chi connectivity index (χ0) is 10.5. The van der Waals surface area contributed by atoms with E-state index in [0.29, 0.717) is 6.10 Å². The second kappa shape index (κ2) is 5.38. The summed E-state index contributed by atoms with van der Waals surface area (Å²) in [6.07, 6.45) is 8.86. The second-order valence-electron chi connectivity index (χ2n) is 4.69. The molecule has 0 radical (unpaired) electrons.